The molecule has 1 aromatic carbocycles. The average Bonchev–Trinajstić information content (AvgIpc) is 2.97. The molecule has 6 nitrogen and oxygen atoms in total. The van der Waals surface area contributed by atoms with Crippen molar-refractivity contribution < 1.29 is 14.5 Å². The second kappa shape index (κ2) is 4.72. The Morgan fingerprint density at radius 1 is 1.40 bits per heavy atom. The van der Waals surface area contributed by atoms with E-state index in [2.05, 4.69) is 0 Å². The molecule has 2 aliphatic rings. The quantitative estimate of drug-likeness (QED) is 0.616. The third-order valence-corrected chi connectivity index (χ3v) is 3.79. The second-order valence-corrected chi connectivity index (χ2v) is 5.03. The summed E-state index contributed by atoms with van der Waals surface area (Å²) in [5.41, 5.74) is 0.206. The van der Waals surface area contributed by atoms with Gasteiger partial charge in [0.05, 0.1) is 12.1 Å². The lowest BCUT2D eigenvalue weighted by Gasteiger charge is -2.31. The van der Waals surface area contributed by atoms with Gasteiger partial charge < -0.3 is 4.74 Å². The third-order valence-electron chi connectivity index (χ3n) is 3.79. The molecule has 3 rings (SSSR count). The minimum absolute atomic E-state index is 0.153. The normalized spacial score (nSPS) is 27.9. The molecule has 1 aromatic rings. The van der Waals surface area contributed by atoms with Gasteiger partial charge in [-0.3, -0.25) is 19.8 Å². The van der Waals surface area contributed by atoms with Gasteiger partial charge in [0.25, 0.3) is 0 Å². The number of nitro groups is 1. The molecule has 0 spiro atoms. The number of ether oxygens (including phenoxy) is 1. The number of fused-ring (bicyclic) bond motifs is 1. The van der Waals surface area contributed by atoms with E-state index >= 15 is 0 Å². The van der Waals surface area contributed by atoms with Crippen molar-refractivity contribution in [3.8, 4) is 0 Å². The van der Waals surface area contributed by atoms with Crippen molar-refractivity contribution in [1.29, 1.82) is 0 Å². The third kappa shape index (κ3) is 1.98. The molecule has 1 saturated heterocycles. The van der Waals surface area contributed by atoms with Crippen LogP contribution in [-0.4, -0.2) is 34.4 Å². The highest BCUT2D eigenvalue weighted by molar-refractivity contribution is 5.92. The molecule has 0 saturated carbocycles. The molecule has 0 unspecified atom stereocenters. The number of carbonyl (C=O) groups excluding carboxylic acids is 1. The molecule has 2 heterocycles. The van der Waals surface area contributed by atoms with Gasteiger partial charge in [-0.25, -0.2) is 0 Å². The van der Waals surface area contributed by atoms with Crippen LogP contribution < -0.4 is 0 Å². The summed E-state index contributed by atoms with van der Waals surface area (Å²) in [6.45, 7) is 0.113. The fraction of sp³-hybridized carbons (Fsp3) is 0.357. The number of benzene rings is 1. The second-order valence-electron chi connectivity index (χ2n) is 5.03. The lowest BCUT2D eigenvalue weighted by Crippen LogP contribution is -2.45. The molecule has 0 radical (unpaired) electrons. The zero-order chi connectivity index (χ0) is 14.2. The number of hydrogen-bond acceptors (Lipinski definition) is 4. The zero-order valence-corrected chi connectivity index (χ0v) is 10.8. The van der Waals surface area contributed by atoms with Crippen LogP contribution in [0.5, 0.6) is 0 Å². The van der Waals surface area contributed by atoms with E-state index in [4.69, 9.17) is 4.74 Å². The molecular weight excluding hydrogens is 260 g/mol. The summed E-state index contributed by atoms with van der Waals surface area (Å²) in [6.07, 6.45) is 3.02. The molecule has 104 valence electrons. The van der Waals surface area contributed by atoms with Crippen molar-refractivity contribution in [2.45, 2.75) is 18.2 Å². The lowest BCUT2D eigenvalue weighted by atomic mass is 9.96. The molecule has 1 fully saturated rings. The topological polar surface area (TPSA) is 72.7 Å². The van der Waals surface area contributed by atoms with Gasteiger partial charge in [0.2, 0.25) is 12.5 Å². The van der Waals surface area contributed by atoms with E-state index in [1.165, 1.54) is 6.08 Å². The molecule has 0 aromatic heterocycles. The maximum atomic E-state index is 12.1. The Balaban J connectivity index is 1.88. The summed E-state index contributed by atoms with van der Waals surface area (Å²) in [7, 11) is 0. The van der Waals surface area contributed by atoms with E-state index in [9.17, 15) is 14.9 Å². The van der Waals surface area contributed by atoms with Gasteiger partial charge in [0.15, 0.2) is 6.23 Å². The summed E-state index contributed by atoms with van der Waals surface area (Å²) >= 11 is 0. The van der Waals surface area contributed by atoms with Gasteiger partial charge in [-0.05, 0) is 0 Å². The van der Waals surface area contributed by atoms with Crippen LogP contribution in [0.3, 0.4) is 0 Å². The molecule has 0 N–H and O–H groups in total. The average molecular weight is 274 g/mol. The number of rotatable bonds is 4. The van der Waals surface area contributed by atoms with Crippen molar-refractivity contribution in [2.24, 2.45) is 0 Å². The van der Waals surface area contributed by atoms with Crippen LogP contribution in [0.2, 0.25) is 0 Å². The number of hydrogen-bond donors (Lipinski definition) is 0. The number of nitrogens with zero attached hydrogens (tertiary/aromatic N) is 2. The van der Waals surface area contributed by atoms with E-state index in [-0.39, 0.29) is 23.8 Å². The van der Waals surface area contributed by atoms with E-state index in [1.54, 1.807) is 11.0 Å². The molecule has 6 heteroatoms. The van der Waals surface area contributed by atoms with Gasteiger partial charge >= 0.3 is 0 Å². The first-order chi connectivity index (χ1) is 9.62. The van der Waals surface area contributed by atoms with E-state index in [0.717, 1.165) is 5.56 Å². The fourth-order valence-electron chi connectivity index (χ4n) is 2.79. The Bertz CT molecular complexity index is 572. The molecule has 20 heavy (non-hydrogen) atoms. The van der Waals surface area contributed by atoms with Gasteiger partial charge in [0, 0.05) is 23.0 Å². The van der Waals surface area contributed by atoms with Crippen LogP contribution in [0.15, 0.2) is 42.5 Å². The van der Waals surface area contributed by atoms with Crippen LogP contribution in [0.1, 0.15) is 18.2 Å². The fourth-order valence-corrected chi connectivity index (χ4v) is 2.79. The number of amides is 1. The SMILES string of the molecule is O=C1C=C[C@@]2(CC[N+](=O)[O-])CO[C@H](c3ccccc3)N12. The molecule has 0 aliphatic carbocycles. The Kier molecular flexibility index (Phi) is 3.02. The summed E-state index contributed by atoms with van der Waals surface area (Å²) in [4.78, 5) is 23.9. The highest BCUT2D eigenvalue weighted by atomic mass is 16.6. The maximum absolute atomic E-state index is 12.1. The lowest BCUT2D eigenvalue weighted by molar-refractivity contribution is -0.482. The predicted molar refractivity (Wildman–Crippen MR) is 70.3 cm³/mol. The minimum atomic E-state index is -0.676. The first kappa shape index (κ1) is 12.8. The van der Waals surface area contributed by atoms with Crippen LogP contribution in [0, 0.1) is 10.1 Å². The van der Waals surface area contributed by atoms with Crippen molar-refractivity contribution in [1.82, 2.24) is 4.90 Å². The van der Waals surface area contributed by atoms with Crippen molar-refractivity contribution in [2.75, 3.05) is 13.2 Å². The Morgan fingerprint density at radius 3 is 2.85 bits per heavy atom. The molecule has 2 atom stereocenters. The van der Waals surface area contributed by atoms with Crippen LogP contribution in [0.25, 0.3) is 0 Å². The van der Waals surface area contributed by atoms with Gasteiger partial charge in [-0.2, -0.15) is 0 Å². The summed E-state index contributed by atoms with van der Waals surface area (Å²) in [5.74, 6) is -0.153. The summed E-state index contributed by atoms with van der Waals surface area (Å²) in [6, 6.07) is 9.43. The predicted octanol–water partition coefficient (Wildman–Crippen LogP) is 1.52. The Morgan fingerprint density at radius 2 is 2.15 bits per heavy atom. The van der Waals surface area contributed by atoms with Gasteiger partial charge in [0.1, 0.15) is 0 Å². The van der Waals surface area contributed by atoms with Crippen LogP contribution in [0.4, 0.5) is 0 Å². The van der Waals surface area contributed by atoms with Crippen LogP contribution in [-0.2, 0) is 9.53 Å². The highest BCUT2D eigenvalue weighted by Crippen LogP contribution is 2.43. The van der Waals surface area contributed by atoms with Gasteiger partial charge in [-0.1, -0.05) is 36.4 Å². The standard InChI is InChI=1S/C14H14N2O4/c17-12-6-7-14(8-9-15(18)19)10-20-13(16(12)14)11-4-2-1-3-5-11/h1-7,13H,8-10H2/t13-,14-/m1/s1. The first-order valence-corrected chi connectivity index (χ1v) is 6.43. The van der Waals surface area contributed by atoms with E-state index in [0.29, 0.717) is 6.61 Å². The van der Waals surface area contributed by atoms with Crippen molar-refractivity contribution in [3.05, 3.63) is 58.2 Å². The first-order valence-electron chi connectivity index (χ1n) is 6.43. The molecule has 1 amide bonds. The van der Waals surface area contributed by atoms with Crippen molar-refractivity contribution >= 4 is 5.91 Å². The van der Waals surface area contributed by atoms with Crippen LogP contribution >= 0.6 is 0 Å². The van der Waals surface area contributed by atoms with E-state index < -0.39 is 11.8 Å². The molecule has 2 aliphatic heterocycles. The van der Waals surface area contributed by atoms with Crippen molar-refractivity contribution in [3.63, 3.8) is 0 Å². The Labute approximate surface area is 115 Å². The minimum Gasteiger partial charge on any atom is -0.351 e. The maximum Gasteiger partial charge on any atom is 0.249 e. The smallest absolute Gasteiger partial charge is 0.249 e. The molecular formula is C14H14N2O4. The van der Waals surface area contributed by atoms with E-state index in [1.807, 2.05) is 30.3 Å². The summed E-state index contributed by atoms with van der Waals surface area (Å²) < 4.78 is 5.74. The Hall–Kier alpha value is -2.21. The highest BCUT2D eigenvalue weighted by Gasteiger charge is 2.52. The zero-order valence-electron chi connectivity index (χ0n) is 10.8. The van der Waals surface area contributed by atoms with Gasteiger partial charge in [-0.15, -0.1) is 0 Å². The number of carbonyl (C=O) groups is 1. The summed E-state index contributed by atoms with van der Waals surface area (Å²) in [5, 5.41) is 10.6. The monoisotopic (exact) mass is 274 g/mol. The largest absolute Gasteiger partial charge is 0.351 e. The molecule has 0 bridgehead atoms.